The minimum absolute atomic E-state index is 0.0377. The fourth-order valence-corrected chi connectivity index (χ4v) is 2.82. The molecule has 102 valence electrons. The van der Waals surface area contributed by atoms with Crippen molar-refractivity contribution in [3.8, 4) is 18.1 Å². The molecule has 0 heterocycles. The van der Waals surface area contributed by atoms with Gasteiger partial charge in [-0.3, -0.25) is 5.32 Å². The lowest BCUT2D eigenvalue weighted by Crippen LogP contribution is -2.57. The third kappa shape index (κ3) is 2.91. The summed E-state index contributed by atoms with van der Waals surface area (Å²) in [7, 11) is 1.69. The van der Waals surface area contributed by atoms with Crippen LogP contribution >= 0.6 is 0 Å². The van der Waals surface area contributed by atoms with Crippen molar-refractivity contribution in [2.75, 3.05) is 13.7 Å². The van der Waals surface area contributed by atoms with Gasteiger partial charge < -0.3 is 10.5 Å². The molecule has 0 spiro atoms. The van der Waals surface area contributed by atoms with Gasteiger partial charge in [0.2, 0.25) is 0 Å². The summed E-state index contributed by atoms with van der Waals surface area (Å²) >= 11 is 0. The van der Waals surface area contributed by atoms with Crippen molar-refractivity contribution < 1.29 is 4.74 Å². The molecule has 0 fully saturated rings. The molecule has 0 bridgehead atoms. The van der Waals surface area contributed by atoms with Crippen LogP contribution in [-0.2, 0) is 12.8 Å². The van der Waals surface area contributed by atoms with Crippen LogP contribution in [0.15, 0.2) is 18.2 Å². The predicted octanol–water partition coefficient (Wildman–Crippen LogP) is 1.49. The van der Waals surface area contributed by atoms with Crippen molar-refractivity contribution in [3.05, 3.63) is 29.3 Å². The first-order valence-corrected chi connectivity index (χ1v) is 6.72. The monoisotopic (exact) mass is 258 g/mol. The number of fused-ring (bicyclic) bond motifs is 1. The summed E-state index contributed by atoms with van der Waals surface area (Å²) in [6, 6.07) is 6.32. The second-order valence-corrected chi connectivity index (χ2v) is 5.33. The lowest BCUT2D eigenvalue weighted by Gasteiger charge is -2.39. The van der Waals surface area contributed by atoms with E-state index < -0.39 is 0 Å². The van der Waals surface area contributed by atoms with Crippen molar-refractivity contribution >= 4 is 0 Å². The third-order valence-corrected chi connectivity index (χ3v) is 3.98. The molecule has 2 atom stereocenters. The van der Waals surface area contributed by atoms with Crippen LogP contribution in [0, 0.1) is 12.3 Å². The van der Waals surface area contributed by atoms with Gasteiger partial charge in [-0.05, 0) is 49.4 Å². The van der Waals surface area contributed by atoms with E-state index in [4.69, 9.17) is 16.9 Å². The van der Waals surface area contributed by atoms with Crippen LogP contribution in [0.1, 0.15) is 24.5 Å². The maximum atomic E-state index is 6.01. The molecule has 1 aliphatic rings. The maximum Gasteiger partial charge on any atom is 0.119 e. The quantitative estimate of drug-likeness (QED) is 0.805. The molecule has 1 aliphatic carbocycles. The van der Waals surface area contributed by atoms with Crippen LogP contribution in [0.2, 0.25) is 0 Å². The number of benzene rings is 1. The number of terminal acetylenes is 1. The van der Waals surface area contributed by atoms with Crippen LogP contribution in [0.4, 0.5) is 0 Å². The van der Waals surface area contributed by atoms with E-state index in [9.17, 15) is 0 Å². The van der Waals surface area contributed by atoms with Gasteiger partial charge in [0.15, 0.2) is 0 Å². The molecule has 3 heteroatoms. The Morgan fingerprint density at radius 3 is 2.95 bits per heavy atom. The van der Waals surface area contributed by atoms with Crippen LogP contribution in [0.3, 0.4) is 0 Å². The molecule has 2 unspecified atom stereocenters. The van der Waals surface area contributed by atoms with Gasteiger partial charge in [0.1, 0.15) is 5.75 Å². The van der Waals surface area contributed by atoms with E-state index in [0.717, 1.165) is 25.0 Å². The molecule has 0 aromatic heterocycles. The number of nitrogens with one attached hydrogen (secondary N) is 1. The molecule has 2 rings (SSSR count). The molecule has 1 aromatic carbocycles. The zero-order valence-corrected chi connectivity index (χ0v) is 11.7. The molecule has 3 N–H and O–H groups in total. The number of hydrogen-bond acceptors (Lipinski definition) is 3. The van der Waals surface area contributed by atoms with Gasteiger partial charge in [0.05, 0.1) is 13.2 Å². The number of rotatable bonds is 4. The van der Waals surface area contributed by atoms with Gasteiger partial charge in [0, 0.05) is 12.1 Å². The highest BCUT2D eigenvalue weighted by atomic mass is 16.5. The first kappa shape index (κ1) is 13.9. The number of nitrogens with two attached hydrogens (primary N) is 1. The van der Waals surface area contributed by atoms with E-state index >= 15 is 0 Å². The van der Waals surface area contributed by atoms with Gasteiger partial charge in [-0.25, -0.2) is 0 Å². The van der Waals surface area contributed by atoms with Crippen LogP contribution in [0.25, 0.3) is 0 Å². The van der Waals surface area contributed by atoms with Crippen LogP contribution in [0.5, 0.6) is 5.75 Å². The first-order valence-electron chi connectivity index (χ1n) is 6.72. The Morgan fingerprint density at radius 2 is 2.32 bits per heavy atom. The Balaban J connectivity index is 2.25. The van der Waals surface area contributed by atoms with E-state index in [-0.39, 0.29) is 11.6 Å². The van der Waals surface area contributed by atoms with E-state index in [1.807, 2.05) is 13.0 Å². The highest BCUT2D eigenvalue weighted by Crippen LogP contribution is 2.31. The van der Waals surface area contributed by atoms with Gasteiger partial charge in [0.25, 0.3) is 0 Å². The molecule has 0 saturated heterocycles. The molecular weight excluding hydrogens is 236 g/mol. The summed E-state index contributed by atoms with van der Waals surface area (Å²) in [5.41, 5.74) is 8.62. The van der Waals surface area contributed by atoms with Gasteiger partial charge in [-0.2, -0.15) is 0 Å². The molecule has 1 aromatic rings. The second kappa shape index (κ2) is 5.64. The first-order chi connectivity index (χ1) is 9.12. The topological polar surface area (TPSA) is 47.3 Å². The molecule has 19 heavy (non-hydrogen) atoms. The number of aryl methyl sites for hydroxylation is 1. The average Bonchev–Trinajstić information content (AvgIpc) is 2.46. The Bertz CT molecular complexity index is 492. The summed E-state index contributed by atoms with van der Waals surface area (Å²) in [6.07, 6.45) is 8.43. The van der Waals surface area contributed by atoms with E-state index in [2.05, 4.69) is 23.4 Å². The fourth-order valence-electron chi connectivity index (χ4n) is 2.82. The van der Waals surface area contributed by atoms with Crippen molar-refractivity contribution in [2.24, 2.45) is 5.73 Å². The minimum Gasteiger partial charge on any atom is -0.497 e. The number of methoxy groups -OCH3 is 1. The zero-order chi connectivity index (χ0) is 13.9. The molecular formula is C16H22N2O. The Labute approximate surface area is 115 Å². The highest BCUT2D eigenvalue weighted by Gasteiger charge is 2.33. The smallest absolute Gasteiger partial charge is 0.119 e. The summed E-state index contributed by atoms with van der Waals surface area (Å²) in [4.78, 5) is 0. The molecule has 0 amide bonds. The Morgan fingerprint density at radius 1 is 1.53 bits per heavy atom. The number of hydrogen-bond donors (Lipinski definition) is 2. The molecule has 0 aliphatic heterocycles. The largest absolute Gasteiger partial charge is 0.497 e. The van der Waals surface area contributed by atoms with E-state index in [1.54, 1.807) is 7.11 Å². The van der Waals surface area contributed by atoms with E-state index in [0.29, 0.717) is 6.54 Å². The van der Waals surface area contributed by atoms with Crippen molar-refractivity contribution in [1.29, 1.82) is 0 Å². The molecule has 3 nitrogen and oxygen atoms in total. The number of ether oxygens (including phenoxy) is 1. The maximum absolute atomic E-state index is 6.01. The average molecular weight is 258 g/mol. The summed E-state index contributed by atoms with van der Waals surface area (Å²) in [5, 5.41) is 3.51. The van der Waals surface area contributed by atoms with Crippen LogP contribution < -0.4 is 15.8 Å². The van der Waals surface area contributed by atoms with Crippen LogP contribution in [-0.4, -0.2) is 25.2 Å². The lowest BCUT2D eigenvalue weighted by molar-refractivity contribution is 0.283. The minimum atomic E-state index is -0.0921. The molecule has 0 radical (unpaired) electrons. The van der Waals surface area contributed by atoms with Gasteiger partial charge >= 0.3 is 0 Å². The lowest BCUT2D eigenvalue weighted by atomic mass is 9.77. The predicted molar refractivity (Wildman–Crippen MR) is 78.2 cm³/mol. The fraction of sp³-hybridized carbons (Fsp3) is 0.500. The van der Waals surface area contributed by atoms with Gasteiger partial charge in [-0.15, -0.1) is 6.42 Å². The van der Waals surface area contributed by atoms with Crippen molar-refractivity contribution in [3.63, 3.8) is 0 Å². The van der Waals surface area contributed by atoms with Gasteiger partial charge in [-0.1, -0.05) is 12.0 Å². The zero-order valence-electron chi connectivity index (χ0n) is 11.7. The third-order valence-electron chi connectivity index (χ3n) is 3.98. The summed E-state index contributed by atoms with van der Waals surface area (Å²) in [6.45, 7) is 2.59. The van der Waals surface area contributed by atoms with Crippen molar-refractivity contribution in [2.45, 2.75) is 37.8 Å². The Kier molecular flexibility index (Phi) is 4.14. The van der Waals surface area contributed by atoms with Crippen molar-refractivity contribution in [1.82, 2.24) is 5.32 Å². The highest BCUT2D eigenvalue weighted by molar-refractivity contribution is 5.39. The second-order valence-electron chi connectivity index (χ2n) is 5.33. The summed E-state index contributed by atoms with van der Waals surface area (Å²) in [5.74, 6) is 3.63. The normalized spacial score (nSPS) is 23.3. The Hall–Kier alpha value is -1.50. The SMILES string of the molecule is C#CC(C)NC1(CN)CCc2ccc(OC)cc2C1. The summed E-state index contributed by atoms with van der Waals surface area (Å²) < 4.78 is 5.30. The molecule has 0 saturated carbocycles. The standard InChI is InChI=1S/C16H22N2O/c1-4-12(2)18-16(11-17)8-7-13-5-6-15(19-3)9-14(13)10-16/h1,5-6,9,12,18H,7-8,10-11,17H2,2-3H3. The van der Waals surface area contributed by atoms with E-state index in [1.165, 1.54) is 11.1 Å².